The molecule has 0 saturated carbocycles. The van der Waals surface area contributed by atoms with Gasteiger partial charge in [-0.15, -0.1) is 0 Å². The first kappa shape index (κ1) is 22.1. The van der Waals surface area contributed by atoms with Crippen LogP contribution < -0.4 is 5.32 Å². The second-order valence-corrected chi connectivity index (χ2v) is 7.40. The molecule has 0 spiro atoms. The number of hydrogen-bond acceptors (Lipinski definition) is 5. The van der Waals surface area contributed by atoms with Crippen LogP contribution in [0.1, 0.15) is 54.2 Å². The van der Waals surface area contributed by atoms with Gasteiger partial charge in [0.1, 0.15) is 5.82 Å². The number of halogens is 1. The van der Waals surface area contributed by atoms with Crippen molar-refractivity contribution in [3.8, 4) is 0 Å². The summed E-state index contributed by atoms with van der Waals surface area (Å²) < 4.78 is 18.3. The van der Waals surface area contributed by atoms with Crippen molar-refractivity contribution in [2.75, 3.05) is 0 Å². The molecule has 1 heterocycles. The molecule has 31 heavy (non-hydrogen) atoms. The van der Waals surface area contributed by atoms with Crippen molar-refractivity contribution in [2.45, 2.75) is 45.4 Å². The maximum Gasteiger partial charge on any atom is 0.338 e. The fourth-order valence-corrected chi connectivity index (χ4v) is 3.18. The van der Waals surface area contributed by atoms with Crippen molar-refractivity contribution in [1.29, 1.82) is 0 Å². The molecule has 0 aromatic heterocycles. The number of ether oxygens (including phenoxy) is 1. The van der Waals surface area contributed by atoms with Gasteiger partial charge in [0.15, 0.2) is 6.10 Å². The van der Waals surface area contributed by atoms with Gasteiger partial charge in [0.2, 0.25) is 11.8 Å². The van der Waals surface area contributed by atoms with Gasteiger partial charge < -0.3 is 10.1 Å². The number of nitrogens with zero attached hydrogens (tertiary/aromatic N) is 1. The number of nitrogens with one attached hydrogen (secondary N) is 1. The van der Waals surface area contributed by atoms with Crippen LogP contribution in [0.4, 0.5) is 4.39 Å². The van der Waals surface area contributed by atoms with Crippen LogP contribution >= 0.6 is 0 Å². The first-order valence-corrected chi connectivity index (χ1v) is 9.93. The third kappa shape index (κ3) is 5.53. The van der Waals surface area contributed by atoms with Crippen molar-refractivity contribution in [1.82, 2.24) is 10.2 Å². The molecule has 1 N–H and O–H groups in total. The second kappa shape index (κ2) is 9.51. The van der Waals surface area contributed by atoms with E-state index in [1.54, 1.807) is 31.2 Å². The molecule has 2 atom stereocenters. The number of imide groups is 1. The quantitative estimate of drug-likeness (QED) is 0.543. The van der Waals surface area contributed by atoms with E-state index in [0.29, 0.717) is 5.56 Å². The predicted molar refractivity (Wildman–Crippen MR) is 109 cm³/mol. The van der Waals surface area contributed by atoms with E-state index in [-0.39, 0.29) is 48.6 Å². The fraction of sp³-hybridized carbons (Fsp3) is 0.304. The van der Waals surface area contributed by atoms with E-state index in [2.05, 4.69) is 5.32 Å². The van der Waals surface area contributed by atoms with Crippen LogP contribution in [0.3, 0.4) is 0 Å². The molecule has 2 unspecified atom stereocenters. The molecule has 0 bridgehead atoms. The highest BCUT2D eigenvalue weighted by Gasteiger charge is 2.28. The van der Waals surface area contributed by atoms with Crippen LogP contribution in [0.2, 0.25) is 0 Å². The predicted octanol–water partition coefficient (Wildman–Crippen LogP) is 2.90. The summed E-state index contributed by atoms with van der Waals surface area (Å²) in [6.07, 6.45) is -0.582. The highest BCUT2D eigenvalue weighted by atomic mass is 19.1. The lowest BCUT2D eigenvalue weighted by Gasteiger charge is -2.18. The van der Waals surface area contributed by atoms with E-state index >= 15 is 0 Å². The molecule has 1 saturated heterocycles. The van der Waals surface area contributed by atoms with E-state index in [0.717, 1.165) is 5.56 Å². The molecule has 1 fully saturated rings. The standard InChI is InChI=1S/C23H23FN2O5/c1-14(17-7-9-19(24)10-8-17)25-22(29)15(2)31-23(30)18-5-3-16(4-6-18)13-26-20(27)11-12-21(26)28/h3-10,14-15H,11-13H2,1-2H3,(H,25,29). The third-order valence-corrected chi connectivity index (χ3v) is 5.07. The average Bonchev–Trinajstić information content (AvgIpc) is 3.06. The summed E-state index contributed by atoms with van der Waals surface area (Å²) >= 11 is 0. The topological polar surface area (TPSA) is 92.8 Å². The van der Waals surface area contributed by atoms with Gasteiger partial charge in [-0.1, -0.05) is 24.3 Å². The number of amides is 3. The molecule has 162 valence electrons. The van der Waals surface area contributed by atoms with Gasteiger partial charge in [-0.3, -0.25) is 19.3 Å². The Kier molecular flexibility index (Phi) is 6.79. The number of esters is 1. The van der Waals surface area contributed by atoms with E-state index in [9.17, 15) is 23.6 Å². The number of carbonyl (C=O) groups excluding carboxylic acids is 4. The number of rotatable bonds is 7. The highest BCUT2D eigenvalue weighted by Crippen LogP contribution is 2.17. The zero-order chi connectivity index (χ0) is 22.5. The van der Waals surface area contributed by atoms with Crippen LogP contribution in [-0.4, -0.2) is 34.7 Å². The average molecular weight is 426 g/mol. The normalized spacial score (nSPS) is 15.5. The molecule has 3 amide bonds. The van der Waals surface area contributed by atoms with E-state index in [4.69, 9.17) is 4.74 Å². The summed E-state index contributed by atoms with van der Waals surface area (Å²) in [5, 5.41) is 2.72. The minimum Gasteiger partial charge on any atom is -0.449 e. The Morgan fingerprint density at radius 1 is 1.00 bits per heavy atom. The highest BCUT2D eigenvalue weighted by molar-refractivity contribution is 6.01. The molecular formula is C23H23FN2O5. The van der Waals surface area contributed by atoms with E-state index in [1.807, 2.05) is 0 Å². The molecule has 2 aromatic carbocycles. The van der Waals surface area contributed by atoms with Crippen molar-refractivity contribution in [3.05, 3.63) is 71.0 Å². The number of hydrogen-bond donors (Lipinski definition) is 1. The zero-order valence-electron chi connectivity index (χ0n) is 17.3. The third-order valence-electron chi connectivity index (χ3n) is 5.07. The fourth-order valence-electron chi connectivity index (χ4n) is 3.18. The summed E-state index contributed by atoms with van der Waals surface area (Å²) in [5.41, 5.74) is 1.67. The molecule has 7 nitrogen and oxygen atoms in total. The summed E-state index contributed by atoms with van der Waals surface area (Å²) in [7, 11) is 0. The smallest absolute Gasteiger partial charge is 0.338 e. The van der Waals surface area contributed by atoms with Crippen molar-refractivity contribution >= 4 is 23.7 Å². The molecule has 0 aliphatic carbocycles. The van der Waals surface area contributed by atoms with E-state index in [1.165, 1.54) is 36.1 Å². The summed E-state index contributed by atoms with van der Waals surface area (Å²) in [5.74, 6) is -1.93. The first-order valence-electron chi connectivity index (χ1n) is 9.93. The lowest BCUT2D eigenvalue weighted by Crippen LogP contribution is -2.37. The minimum atomic E-state index is -1.03. The number of likely N-dealkylation sites (tertiary alicyclic amines) is 1. The van der Waals surface area contributed by atoms with Crippen LogP contribution in [0.15, 0.2) is 48.5 Å². The van der Waals surface area contributed by atoms with Gasteiger partial charge in [0, 0.05) is 12.8 Å². The van der Waals surface area contributed by atoms with Gasteiger partial charge in [-0.25, -0.2) is 9.18 Å². The summed E-state index contributed by atoms with van der Waals surface area (Å²) in [6.45, 7) is 3.37. The van der Waals surface area contributed by atoms with E-state index < -0.39 is 18.0 Å². The SMILES string of the molecule is CC(OC(=O)c1ccc(CN2C(=O)CCC2=O)cc1)C(=O)NC(C)c1ccc(F)cc1. The van der Waals surface area contributed by atoms with Gasteiger partial charge in [0.05, 0.1) is 18.2 Å². The molecular weight excluding hydrogens is 403 g/mol. The maximum absolute atomic E-state index is 13.0. The molecule has 8 heteroatoms. The second-order valence-electron chi connectivity index (χ2n) is 7.40. The van der Waals surface area contributed by atoms with Crippen LogP contribution in [0.5, 0.6) is 0 Å². The van der Waals surface area contributed by atoms with Crippen LogP contribution in [0, 0.1) is 5.82 Å². The summed E-state index contributed by atoms with van der Waals surface area (Å²) in [6, 6.07) is 11.7. The Labute approximate surface area is 179 Å². The Balaban J connectivity index is 1.53. The van der Waals surface area contributed by atoms with Crippen molar-refractivity contribution in [3.63, 3.8) is 0 Å². The van der Waals surface area contributed by atoms with Crippen molar-refractivity contribution in [2.24, 2.45) is 0 Å². The van der Waals surface area contributed by atoms with Crippen LogP contribution in [-0.2, 0) is 25.7 Å². The monoisotopic (exact) mass is 426 g/mol. The Morgan fingerprint density at radius 3 is 2.16 bits per heavy atom. The molecule has 1 aliphatic heterocycles. The number of carbonyl (C=O) groups is 4. The molecule has 3 rings (SSSR count). The number of benzene rings is 2. The lowest BCUT2D eigenvalue weighted by atomic mass is 10.1. The summed E-state index contributed by atoms with van der Waals surface area (Å²) in [4.78, 5) is 49.3. The minimum absolute atomic E-state index is 0.160. The van der Waals surface area contributed by atoms with Gasteiger partial charge in [-0.05, 0) is 49.2 Å². The van der Waals surface area contributed by atoms with Gasteiger partial charge in [-0.2, -0.15) is 0 Å². The molecule has 0 radical (unpaired) electrons. The molecule has 1 aliphatic rings. The first-order chi connectivity index (χ1) is 14.7. The van der Waals surface area contributed by atoms with Crippen molar-refractivity contribution < 1.29 is 28.3 Å². The van der Waals surface area contributed by atoms with Crippen LogP contribution in [0.25, 0.3) is 0 Å². The molecule has 2 aromatic rings. The largest absolute Gasteiger partial charge is 0.449 e. The van der Waals surface area contributed by atoms with Gasteiger partial charge in [0.25, 0.3) is 5.91 Å². The Hall–Kier alpha value is -3.55. The zero-order valence-corrected chi connectivity index (χ0v) is 17.3. The van der Waals surface area contributed by atoms with Gasteiger partial charge >= 0.3 is 5.97 Å². The Bertz CT molecular complexity index is 972. The lowest BCUT2D eigenvalue weighted by molar-refractivity contribution is -0.139. The Morgan fingerprint density at radius 2 is 1.58 bits per heavy atom. The maximum atomic E-state index is 13.0.